The molecular formula is C22H40O6S3. The molecule has 0 aliphatic heterocycles. The number of hydrogen-bond acceptors (Lipinski definition) is 9. The van der Waals surface area contributed by atoms with Crippen LogP contribution in [-0.2, 0) is 28.6 Å². The molecular weight excluding hydrogens is 456 g/mol. The van der Waals surface area contributed by atoms with Gasteiger partial charge in [-0.25, -0.2) is 0 Å². The van der Waals surface area contributed by atoms with E-state index in [1.807, 2.05) is 23.5 Å². The maximum atomic E-state index is 11.4. The molecule has 0 aromatic heterocycles. The van der Waals surface area contributed by atoms with E-state index in [0.29, 0.717) is 36.3 Å². The lowest BCUT2D eigenvalue weighted by Gasteiger charge is -2.24. The zero-order valence-electron chi connectivity index (χ0n) is 19.7. The second-order valence-corrected chi connectivity index (χ2v) is 11.3. The minimum Gasteiger partial charge on any atom is -0.469 e. The van der Waals surface area contributed by atoms with Crippen molar-refractivity contribution in [1.82, 2.24) is 0 Å². The lowest BCUT2D eigenvalue weighted by molar-refractivity contribution is -0.141. The summed E-state index contributed by atoms with van der Waals surface area (Å²) in [5.41, 5.74) is 0. The van der Waals surface area contributed by atoms with Crippen molar-refractivity contribution in [2.75, 3.05) is 50.1 Å². The van der Waals surface area contributed by atoms with E-state index in [1.54, 1.807) is 11.8 Å². The van der Waals surface area contributed by atoms with Crippen LogP contribution in [0.25, 0.3) is 0 Å². The number of hydrogen-bond donors (Lipinski definition) is 0. The molecule has 0 amide bonds. The Labute approximate surface area is 201 Å². The molecule has 0 saturated heterocycles. The van der Waals surface area contributed by atoms with Crippen LogP contribution in [0.3, 0.4) is 0 Å². The van der Waals surface area contributed by atoms with Crippen LogP contribution in [0, 0.1) is 11.8 Å². The van der Waals surface area contributed by atoms with Crippen LogP contribution in [0.5, 0.6) is 0 Å². The summed E-state index contributed by atoms with van der Waals surface area (Å²) in [7, 11) is 4.27. The molecule has 0 spiro atoms. The zero-order valence-corrected chi connectivity index (χ0v) is 22.1. The molecule has 2 atom stereocenters. The fourth-order valence-electron chi connectivity index (χ4n) is 2.83. The molecule has 0 saturated carbocycles. The van der Waals surface area contributed by atoms with Crippen LogP contribution < -0.4 is 0 Å². The second-order valence-electron chi connectivity index (χ2n) is 7.55. The first-order valence-electron chi connectivity index (χ1n) is 10.8. The van der Waals surface area contributed by atoms with Crippen LogP contribution >= 0.6 is 35.3 Å². The summed E-state index contributed by atoms with van der Waals surface area (Å²) in [6.07, 6.45) is 4.67. The minimum absolute atomic E-state index is 0.154. The molecule has 0 aliphatic carbocycles. The van der Waals surface area contributed by atoms with Crippen LogP contribution in [0.15, 0.2) is 0 Å². The molecule has 0 radical (unpaired) electrons. The smallest absolute Gasteiger partial charge is 0.306 e. The summed E-state index contributed by atoms with van der Waals surface area (Å²) >= 11 is 5.47. The first-order chi connectivity index (χ1) is 14.8. The Morgan fingerprint density at radius 3 is 1.71 bits per heavy atom. The van der Waals surface area contributed by atoms with Gasteiger partial charge >= 0.3 is 17.9 Å². The Morgan fingerprint density at radius 2 is 1.19 bits per heavy atom. The molecule has 6 nitrogen and oxygen atoms in total. The van der Waals surface area contributed by atoms with Gasteiger partial charge < -0.3 is 14.2 Å². The average Bonchev–Trinajstić information content (AvgIpc) is 2.76. The Hall–Kier alpha value is -0.540. The van der Waals surface area contributed by atoms with Crippen LogP contribution in [0.4, 0.5) is 0 Å². The lowest BCUT2D eigenvalue weighted by atomic mass is 9.97. The zero-order chi connectivity index (χ0) is 23.5. The summed E-state index contributed by atoms with van der Waals surface area (Å²) in [5, 5.41) is 0.513. The number of carbonyl (C=O) groups is 3. The molecule has 0 aliphatic rings. The highest BCUT2D eigenvalue weighted by Gasteiger charge is 2.18. The standard InChI is InChI=1S/C22H40O6S3/c1-17(2)19(31-15-11-22(25)28-5)7-6-18(16-30-14-10-21(24)27-4)8-12-29-13-9-20(23)26-3/h17-19H,6-16H2,1-5H3. The largest absolute Gasteiger partial charge is 0.469 e. The predicted molar refractivity (Wildman–Crippen MR) is 133 cm³/mol. The van der Waals surface area contributed by atoms with Gasteiger partial charge in [0, 0.05) is 22.5 Å². The first-order valence-corrected chi connectivity index (χ1v) is 14.2. The highest BCUT2D eigenvalue weighted by atomic mass is 32.2. The number of ether oxygens (including phenoxy) is 3. The fourth-order valence-corrected chi connectivity index (χ4v) is 6.27. The van der Waals surface area contributed by atoms with E-state index in [2.05, 4.69) is 18.6 Å². The normalized spacial score (nSPS) is 13.0. The minimum atomic E-state index is -0.163. The van der Waals surface area contributed by atoms with Crippen molar-refractivity contribution < 1.29 is 28.6 Å². The van der Waals surface area contributed by atoms with E-state index in [4.69, 9.17) is 9.47 Å². The van der Waals surface area contributed by atoms with Crippen LogP contribution in [0.2, 0.25) is 0 Å². The van der Waals surface area contributed by atoms with Gasteiger partial charge in [-0.05, 0) is 42.6 Å². The van der Waals surface area contributed by atoms with Gasteiger partial charge in [0.2, 0.25) is 0 Å². The summed E-state index contributed by atoms with van der Waals surface area (Å²) in [5.74, 6) is 5.02. The van der Waals surface area contributed by atoms with E-state index < -0.39 is 0 Å². The maximum absolute atomic E-state index is 11.4. The lowest BCUT2D eigenvalue weighted by Crippen LogP contribution is -2.17. The SMILES string of the molecule is COC(=O)CCSCCC(CCC(SCCC(=O)OC)C(C)C)CSCCC(=O)OC. The summed E-state index contributed by atoms with van der Waals surface area (Å²) in [6.45, 7) is 4.47. The van der Waals surface area contributed by atoms with Gasteiger partial charge in [-0.3, -0.25) is 14.4 Å². The van der Waals surface area contributed by atoms with Crippen molar-refractivity contribution in [2.24, 2.45) is 11.8 Å². The van der Waals surface area contributed by atoms with Gasteiger partial charge in [-0.2, -0.15) is 35.3 Å². The van der Waals surface area contributed by atoms with Crippen molar-refractivity contribution in [2.45, 2.75) is 57.6 Å². The second kappa shape index (κ2) is 20.1. The van der Waals surface area contributed by atoms with Crippen molar-refractivity contribution in [3.8, 4) is 0 Å². The molecule has 0 N–H and O–H groups in total. The molecule has 9 heteroatoms. The van der Waals surface area contributed by atoms with Crippen molar-refractivity contribution in [3.63, 3.8) is 0 Å². The number of esters is 3. The summed E-state index contributed by atoms with van der Waals surface area (Å²) in [4.78, 5) is 33.9. The van der Waals surface area contributed by atoms with E-state index in [-0.39, 0.29) is 17.9 Å². The number of rotatable bonds is 19. The number of methoxy groups -OCH3 is 3. The molecule has 31 heavy (non-hydrogen) atoms. The van der Waals surface area contributed by atoms with E-state index in [0.717, 1.165) is 48.0 Å². The van der Waals surface area contributed by atoms with Crippen molar-refractivity contribution in [3.05, 3.63) is 0 Å². The molecule has 2 unspecified atom stereocenters. The Balaban J connectivity index is 4.49. The number of thioether (sulfide) groups is 3. The van der Waals surface area contributed by atoms with E-state index >= 15 is 0 Å². The van der Waals surface area contributed by atoms with Gasteiger partial charge in [0.1, 0.15) is 0 Å². The Morgan fingerprint density at radius 1 is 0.677 bits per heavy atom. The molecule has 0 aromatic rings. The topological polar surface area (TPSA) is 78.9 Å². The Bertz CT molecular complexity index is 502. The highest BCUT2D eigenvalue weighted by molar-refractivity contribution is 8.00. The van der Waals surface area contributed by atoms with Gasteiger partial charge in [0.15, 0.2) is 0 Å². The monoisotopic (exact) mass is 496 g/mol. The van der Waals surface area contributed by atoms with Gasteiger partial charge in [-0.15, -0.1) is 0 Å². The summed E-state index contributed by atoms with van der Waals surface area (Å²) < 4.78 is 14.1. The molecule has 0 rings (SSSR count). The molecule has 0 aromatic carbocycles. The first kappa shape index (κ1) is 30.5. The van der Waals surface area contributed by atoms with Crippen molar-refractivity contribution >= 4 is 53.2 Å². The third-order valence-corrected chi connectivity index (χ3v) is 8.71. The van der Waals surface area contributed by atoms with Gasteiger partial charge in [0.05, 0.1) is 40.6 Å². The molecule has 0 fully saturated rings. The van der Waals surface area contributed by atoms with Gasteiger partial charge in [0.25, 0.3) is 0 Å². The average molecular weight is 497 g/mol. The fraction of sp³-hybridized carbons (Fsp3) is 0.864. The number of carbonyl (C=O) groups excluding carboxylic acids is 3. The molecule has 0 heterocycles. The summed E-state index contributed by atoms with van der Waals surface area (Å²) in [6, 6.07) is 0. The third-order valence-electron chi connectivity index (χ3n) is 4.85. The molecule has 182 valence electrons. The van der Waals surface area contributed by atoms with Crippen molar-refractivity contribution in [1.29, 1.82) is 0 Å². The quantitative estimate of drug-likeness (QED) is 0.144. The van der Waals surface area contributed by atoms with Crippen LogP contribution in [-0.4, -0.2) is 73.3 Å². The molecule has 0 bridgehead atoms. The van der Waals surface area contributed by atoms with Gasteiger partial charge in [-0.1, -0.05) is 13.8 Å². The van der Waals surface area contributed by atoms with E-state index in [1.165, 1.54) is 21.3 Å². The van der Waals surface area contributed by atoms with Crippen LogP contribution in [0.1, 0.15) is 52.4 Å². The Kier molecular flexibility index (Phi) is 19.7. The predicted octanol–water partition coefficient (Wildman–Crippen LogP) is 4.69. The third kappa shape index (κ3) is 17.7. The van der Waals surface area contributed by atoms with E-state index in [9.17, 15) is 14.4 Å². The maximum Gasteiger partial charge on any atom is 0.306 e. The highest BCUT2D eigenvalue weighted by Crippen LogP contribution is 2.29.